The molecule has 0 aliphatic carbocycles. The van der Waals surface area contributed by atoms with Gasteiger partial charge in [0.15, 0.2) is 11.5 Å². The van der Waals surface area contributed by atoms with Crippen LogP contribution in [0.2, 0.25) is 5.15 Å². The Morgan fingerprint density at radius 1 is 1.38 bits per heavy atom. The van der Waals surface area contributed by atoms with Crippen molar-refractivity contribution in [1.82, 2.24) is 19.6 Å². The largest absolute Gasteiger partial charge is 0.268 e. The van der Waals surface area contributed by atoms with Crippen molar-refractivity contribution in [2.75, 3.05) is 5.75 Å². The van der Waals surface area contributed by atoms with Crippen molar-refractivity contribution in [3.8, 4) is 0 Å². The highest BCUT2D eigenvalue weighted by atomic mass is 35.5. The van der Waals surface area contributed by atoms with E-state index in [2.05, 4.69) is 15.2 Å². The molecule has 1 fully saturated rings. The van der Waals surface area contributed by atoms with Crippen LogP contribution in [-0.2, 0) is 0 Å². The molecule has 0 bridgehead atoms. The van der Waals surface area contributed by atoms with Gasteiger partial charge >= 0.3 is 0 Å². The van der Waals surface area contributed by atoms with Gasteiger partial charge < -0.3 is 0 Å². The molecule has 84 valence electrons. The summed E-state index contributed by atoms with van der Waals surface area (Å²) in [5, 5.41) is 9.30. The summed E-state index contributed by atoms with van der Waals surface area (Å²) >= 11 is 7.77. The SMILES string of the molecule is Clc1cc2nnc(C3CCCCS3)n2cn1. The number of halogens is 1. The second-order valence-corrected chi connectivity index (χ2v) is 5.55. The molecule has 0 N–H and O–H groups in total. The topological polar surface area (TPSA) is 43.1 Å². The Morgan fingerprint density at radius 3 is 3.12 bits per heavy atom. The van der Waals surface area contributed by atoms with Crippen LogP contribution >= 0.6 is 23.4 Å². The number of hydrogen-bond acceptors (Lipinski definition) is 4. The van der Waals surface area contributed by atoms with Crippen molar-refractivity contribution in [3.63, 3.8) is 0 Å². The van der Waals surface area contributed by atoms with Gasteiger partial charge in [-0.3, -0.25) is 4.40 Å². The zero-order chi connectivity index (χ0) is 11.0. The molecule has 0 radical (unpaired) electrons. The van der Waals surface area contributed by atoms with E-state index in [4.69, 9.17) is 11.6 Å². The molecule has 1 saturated heterocycles. The summed E-state index contributed by atoms with van der Waals surface area (Å²) in [6.07, 6.45) is 5.46. The number of hydrogen-bond donors (Lipinski definition) is 0. The molecule has 3 heterocycles. The fraction of sp³-hybridized carbons (Fsp3) is 0.500. The Morgan fingerprint density at radius 2 is 2.31 bits per heavy atom. The van der Waals surface area contributed by atoms with Crippen molar-refractivity contribution in [2.24, 2.45) is 0 Å². The van der Waals surface area contributed by atoms with E-state index in [1.165, 1.54) is 25.0 Å². The van der Waals surface area contributed by atoms with E-state index in [0.29, 0.717) is 10.4 Å². The van der Waals surface area contributed by atoms with Crippen molar-refractivity contribution in [2.45, 2.75) is 24.5 Å². The zero-order valence-electron chi connectivity index (χ0n) is 8.64. The summed E-state index contributed by atoms with van der Waals surface area (Å²) in [5.41, 5.74) is 0.779. The van der Waals surface area contributed by atoms with Gasteiger partial charge in [0, 0.05) is 6.07 Å². The van der Waals surface area contributed by atoms with E-state index in [0.717, 1.165) is 11.5 Å². The maximum absolute atomic E-state index is 5.82. The molecule has 1 atom stereocenters. The van der Waals surface area contributed by atoms with Crippen LogP contribution in [0.15, 0.2) is 12.4 Å². The molecule has 0 saturated carbocycles. The first kappa shape index (κ1) is 10.4. The van der Waals surface area contributed by atoms with E-state index in [-0.39, 0.29) is 0 Å². The number of nitrogens with zero attached hydrogens (tertiary/aromatic N) is 4. The average molecular weight is 255 g/mol. The highest BCUT2D eigenvalue weighted by molar-refractivity contribution is 7.99. The molecule has 16 heavy (non-hydrogen) atoms. The molecule has 4 nitrogen and oxygen atoms in total. The standard InChI is InChI=1S/C10H11ClN4S/c11-8-5-9-13-14-10(15(9)6-12-8)7-3-1-2-4-16-7/h5-7H,1-4H2. The van der Waals surface area contributed by atoms with Gasteiger partial charge in [0.2, 0.25) is 0 Å². The lowest BCUT2D eigenvalue weighted by atomic mass is 10.2. The van der Waals surface area contributed by atoms with Gasteiger partial charge in [-0.1, -0.05) is 18.0 Å². The second-order valence-electron chi connectivity index (χ2n) is 3.85. The molecule has 1 aliphatic heterocycles. The van der Waals surface area contributed by atoms with Crippen LogP contribution in [0.5, 0.6) is 0 Å². The third kappa shape index (κ3) is 1.78. The Bertz CT molecular complexity index is 506. The van der Waals surface area contributed by atoms with Crippen molar-refractivity contribution in [3.05, 3.63) is 23.4 Å². The van der Waals surface area contributed by atoms with Crippen molar-refractivity contribution >= 4 is 29.0 Å². The summed E-state index contributed by atoms with van der Waals surface area (Å²) in [7, 11) is 0. The third-order valence-corrected chi connectivity index (χ3v) is 4.34. The Kier molecular flexibility index (Phi) is 2.73. The van der Waals surface area contributed by atoms with E-state index < -0.39 is 0 Å². The Hall–Kier alpha value is -0.810. The Labute approximate surface area is 102 Å². The van der Waals surface area contributed by atoms with Crippen LogP contribution in [0.4, 0.5) is 0 Å². The van der Waals surface area contributed by atoms with Crippen molar-refractivity contribution < 1.29 is 0 Å². The lowest BCUT2D eigenvalue weighted by Crippen LogP contribution is -2.06. The predicted molar refractivity (Wildman–Crippen MR) is 64.8 cm³/mol. The highest BCUT2D eigenvalue weighted by Gasteiger charge is 2.21. The summed E-state index contributed by atoms with van der Waals surface area (Å²) in [5.74, 6) is 2.21. The minimum absolute atomic E-state index is 0.451. The summed E-state index contributed by atoms with van der Waals surface area (Å²) < 4.78 is 1.94. The van der Waals surface area contributed by atoms with E-state index >= 15 is 0 Å². The van der Waals surface area contributed by atoms with Gasteiger partial charge in [-0.2, -0.15) is 11.8 Å². The van der Waals surface area contributed by atoms with Crippen LogP contribution in [0.25, 0.3) is 5.65 Å². The van der Waals surface area contributed by atoms with E-state index in [9.17, 15) is 0 Å². The molecule has 6 heteroatoms. The summed E-state index contributed by atoms with van der Waals surface area (Å²) in [6.45, 7) is 0. The maximum Gasteiger partial charge on any atom is 0.165 e. The van der Waals surface area contributed by atoms with Crippen LogP contribution in [0.3, 0.4) is 0 Å². The lowest BCUT2D eigenvalue weighted by Gasteiger charge is -2.19. The Balaban J connectivity index is 2.03. The lowest BCUT2D eigenvalue weighted by molar-refractivity contribution is 0.656. The first-order valence-electron chi connectivity index (χ1n) is 5.32. The zero-order valence-corrected chi connectivity index (χ0v) is 10.2. The van der Waals surface area contributed by atoms with Gasteiger partial charge in [-0.25, -0.2) is 4.98 Å². The van der Waals surface area contributed by atoms with Gasteiger partial charge in [0.25, 0.3) is 0 Å². The maximum atomic E-state index is 5.82. The van der Waals surface area contributed by atoms with Gasteiger partial charge in [-0.15, -0.1) is 10.2 Å². The second kappa shape index (κ2) is 4.22. The molecular weight excluding hydrogens is 244 g/mol. The number of rotatable bonds is 1. The number of thioether (sulfide) groups is 1. The smallest absolute Gasteiger partial charge is 0.165 e. The fourth-order valence-electron chi connectivity index (χ4n) is 1.95. The summed E-state index contributed by atoms with van der Waals surface area (Å²) in [4.78, 5) is 4.07. The average Bonchev–Trinajstić information content (AvgIpc) is 2.73. The van der Waals surface area contributed by atoms with Crippen LogP contribution < -0.4 is 0 Å². The summed E-state index contributed by atoms with van der Waals surface area (Å²) in [6, 6.07) is 1.74. The molecule has 1 aliphatic rings. The molecule has 0 aromatic carbocycles. The first-order valence-corrected chi connectivity index (χ1v) is 6.75. The van der Waals surface area contributed by atoms with Crippen LogP contribution in [0.1, 0.15) is 30.3 Å². The number of fused-ring (bicyclic) bond motifs is 1. The van der Waals surface area contributed by atoms with Crippen LogP contribution in [-0.4, -0.2) is 25.3 Å². The molecule has 1 unspecified atom stereocenters. The quantitative estimate of drug-likeness (QED) is 0.734. The van der Waals surface area contributed by atoms with Gasteiger partial charge in [-0.05, 0) is 18.6 Å². The minimum Gasteiger partial charge on any atom is -0.268 e. The van der Waals surface area contributed by atoms with E-state index in [1.54, 1.807) is 12.4 Å². The van der Waals surface area contributed by atoms with E-state index in [1.807, 2.05) is 16.2 Å². The van der Waals surface area contributed by atoms with Gasteiger partial charge in [0.05, 0.1) is 5.25 Å². The minimum atomic E-state index is 0.451. The van der Waals surface area contributed by atoms with Crippen LogP contribution in [0, 0.1) is 0 Å². The molecule has 2 aromatic rings. The van der Waals surface area contributed by atoms with Gasteiger partial charge in [0.1, 0.15) is 11.5 Å². The molecular formula is C10H11ClN4S. The fourth-order valence-corrected chi connectivity index (χ4v) is 3.39. The number of aromatic nitrogens is 4. The third-order valence-electron chi connectivity index (χ3n) is 2.76. The predicted octanol–water partition coefficient (Wildman–Crippen LogP) is 2.74. The normalized spacial score (nSPS) is 21.4. The molecule has 0 spiro atoms. The molecule has 3 rings (SSSR count). The monoisotopic (exact) mass is 254 g/mol. The first-order chi connectivity index (χ1) is 7.84. The highest BCUT2D eigenvalue weighted by Crippen LogP contribution is 2.37. The molecule has 0 amide bonds. The van der Waals surface area contributed by atoms with Crippen molar-refractivity contribution in [1.29, 1.82) is 0 Å². The molecule has 2 aromatic heterocycles.